The molecule has 31 heavy (non-hydrogen) atoms. The molecule has 0 saturated carbocycles. The number of rotatable bonds is 9. The van der Waals surface area contributed by atoms with E-state index in [9.17, 15) is 18.0 Å². The van der Waals surface area contributed by atoms with E-state index in [1.165, 1.54) is 29.6 Å². The number of ether oxygens (including phenoxy) is 1. The summed E-state index contributed by atoms with van der Waals surface area (Å²) >= 11 is 0. The molecule has 3 atom stereocenters. The minimum Gasteiger partial charge on any atom is -0.495 e. The Kier molecular flexibility index (Phi) is 8.88. The molecule has 1 saturated heterocycles. The minimum absolute atomic E-state index is 0.0153. The topological polar surface area (TPSA) is 105 Å². The van der Waals surface area contributed by atoms with Crippen molar-refractivity contribution >= 4 is 21.8 Å². The molecule has 2 rings (SSSR count). The fourth-order valence-electron chi connectivity index (χ4n) is 3.80. The Balaban J connectivity index is 2.14. The number of carbonyl (C=O) groups is 2. The number of benzene rings is 1. The molecule has 0 spiro atoms. The first-order chi connectivity index (χ1) is 14.6. The number of hydrogen-bond acceptors (Lipinski definition) is 5. The van der Waals surface area contributed by atoms with Gasteiger partial charge in [0.2, 0.25) is 15.9 Å². The van der Waals surface area contributed by atoms with E-state index in [0.29, 0.717) is 13.1 Å². The smallest absolute Gasteiger partial charge is 0.251 e. The van der Waals surface area contributed by atoms with E-state index in [4.69, 9.17) is 4.74 Å². The van der Waals surface area contributed by atoms with Crippen molar-refractivity contribution < 1.29 is 22.7 Å². The largest absolute Gasteiger partial charge is 0.495 e. The van der Waals surface area contributed by atoms with Crippen molar-refractivity contribution in [1.29, 1.82) is 0 Å². The maximum atomic E-state index is 13.3. The third kappa shape index (κ3) is 6.67. The summed E-state index contributed by atoms with van der Waals surface area (Å²) in [5, 5.41) is 5.52. The number of hydrogen-bond donors (Lipinski definition) is 2. The van der Waals surface area contributed by atoms with E-state index in [1.807, 2.05) is 27.7 Å². The molecule has 0 bridgehead atoms. The second-order valence-corrected chi connectivity index (χ2v) is 10.4. The highest BCUT2D eigenvalue weighted by atomic mass is 32.2. The van der Waals surface area contributed by atoms with Crippen LogP contribution < -0.4 is 15.4 Å². The van der Waals surface area contributed by atoms with E-state index < -0.39 is 15.9 Å². The third-order valence-electron chi connectivity index (χ3n) is 5.54. The van der Waals surface area contributed by atoms with Crippen molar-refractivity contribution in [3.05, 3.63) is 23.8 Å². The first-order valence-corrected chi connectivity index (χ1v) is 12.3. The van der Waals surface area contributed by atoms with Crippen molar-refractivity contribution in [2.75, 3.05) is 26.7 Å². The van der Waals surface area contributed by atoms with Crippen LogP contribution in [-0.4, -0.2) is 57.3 Å². The number of amides is 2. The monoisotopic (exact) mass is 453 g/mol. The Morgan fingerprint density at radius 2 is 1.87 bits per heavy atom. The molecule has 1 aliphatic heterocycles. The Labute approximate surface area is 185 Å². The van der Waals surface area contributed by atoms with E-state index in [2.05, 4.69) is 10.6 Å². The van der Waals surface area contributed by atoms with Crippen LogP contribution in [0.25, 0.3) is 0 Å². The number of carbonyl (C=O) groups excluding carboxylic acids is 2. The average Bonchev–Trinajstić information content (AvgIpc) is 2.72. The summed E-state index contributed by atoms with van der Waals surface area (Å²) in [6, 6.07) is 4.45. The first kappa shape index (κ1) is 25.1. The Morgan fingerprint density at radius 1 is 1.23 bits per heavy atom. The van der Waals surface area contributed by atoms with Gasteiger partial charge in [-0.3, -0.25) is 9.59 Å². The maximum absolute atomic E-state index is 13.3. The van der Waals surface area contributed by atoms with Gasteiger partial charge in [-0.15, -0.1) is 0 Å². The molecular weight excluding hydrogens is 418 g/mol. The lowest BCUT2D eigenvalue weighted by Crippen LogP contribution is -2.42. The molecule has 0 aliphatic carbocycles. The molecule has 1 heterocycles. The molecule has 1 aromatic carbocycles. The van der Waals surface area contributed by atoms with Gasteiger partial charge in [-0.2, -0.15) is 4.31 Å². The Hall–Kier alpha value is -2.13. The number of sulfonamides is 1. The van der Waals surface area contributed by atoms with Gasteiger partial charge >= 0.3 is 0 Å². The standard InChI is InChI=1S/C22H35N3O5S/c1-6-17(4)24-21(26)9-10-23-22(27)18-7-8-19(30-5)20(12-18)31(28,29)25-13-15(2)11-16(3)14-25/h7-8,12,15-17H,6,9-11,13-14H2,1-5H3,(H,23,27)(H,24,26). The molecule has 1 fully saturated rings. The van der Waals surface area contributed by atoms with Crippen molar-refractivity contribution in [2.45, 2.75) is 57.9 Å². The summed E-state index contributed by atoms with van der Waals surface area (Å²) < 4.78 is 33.4. The highest BCUT2D eigenvalue weighted by molar-refractivity contribution is 7.89. The van der Waals surface area contributed by atoms with Crippen LogP contribution in [0, 0.1) is 11.8 Å². The zero-order valence-corrected chi connectivity index (χ0v) is 19.9. The lowest BCUT2D eigenvalue weighted by atomic mass is 9.94. The normalized spacial score (nSPS) is 20.7. The zero-order chi connectivity index (χ0) is 23.2. The van der Waals surface area contributed by atoms with E-state index in [0.717, 1.165) is 12.8 Å². The summed E-state index contributed by atoms with van der Waals surface area (Å²) in [6.07, 6.45) is 1.97. The van der Waals surface area contributed by atoms with Crippen LogP contribution in [0.15, 0.2) is 23.1 Å². The molecule has 3 unspecified atom stereocenters. The minimum atomic E-state index is -3.81. The summed E-state index contributed by atoms with van der Waals surface area (Å²) in [5.74, 6) is 0.155. The van der Waals surface area contributed by atoms with Gasteiger partial charge in [0.05, 0.1) is 7.11 Å². The van der Waals surface area contributed by atoms with E-state index >= 15 is 0 Å². The van der Waals surface area contributed by atoms with Crippen LogP contribution in [0.2, 0.25) is 0 Å². The van der Waals surface area contributed by atoms with Gasteiger partial charge in [-0.1, -0.05) is 20.8 Å². The van der Waals surface area contributed by atoms with Gasteiger partial charge in [0.1, 0.15) is 10.6 Å². The van der Waals surface area contributed by atoms with Crippen LogP contribution in [0.4, 0.5) is 0 Å². The Morgan fingerprint density at radius 3 is 2.45 bits per heavy atom. The van der Waals surface area contributed by atoms with E-state index in [1.54, 1.807) is 0 Å². The van der Waals surface area contributed by atoms with Crippen molar-refractivity contribution in [3.8, 4) is 5.75 Å². The second kappa shape index (κ2) is 10.9. The molecule has 0 aromatic heterocycles. The molecular formula is C22H35N3O5S. The van der Waals surface area contributed by atoms with Gasteiger partial charge in [0.15, 0.2) is 0 Å². The quantitative estimate of drug-likeness (QED) is 0.597. The number of nitrogens with zero attached hydrogens (tertiary/aromatic N) is 1. The Bertz CT molecular complexity index is 877. The van der Waals surface area contributed by atoms with Gasteiger partial charge in [0.25, 0.3) is 5.91 Å². The molecule has 2 N–H and O–H groups in total. The first-order valence-electron chi connectivity index (χ1n) is 10.8. The van der Waals surface area contributed by atoms with Crippen molar-refractivity contribution in [3.63, 3.8) is 0 Å². The number of methoxy groups -OCH3 is 1. The highest BCUT2D eigenvalue weighted by Crippen LogP contribution is 2.32. The zero-order valence-electron chi connectivity index (χ0n) is 19.1. The maximum Gasteiger partial charge on any atom is 0.251 e. The van der Waals surface area contributed by atoms with Gasteiger partial charge < -0.3 is 15.4 Å². The summed E-state index contributed by atoms with van der Waals surface area (Å²) in [7, 11) is -2.40. The van der Waals surface area contributed by atoms with Crippen LogP contribution in [0.5, 0.6) is 5.75 Å². The van der Waals surface area contributed by atoms with Gasteiger partial charge in [-0.25, -0.2) is 8.42 Å². The number of nitrogens with one attached hydrogen (secondary N) is 2. The van der Waals surface area contributed by atoms with Gasteiger partial charge in [-0.05, 0) is 49.8 Å². The van der Waals surface area contributed by atoms with Crippen molar-refractivity contribution in [1.82, 2.24) is 14.9 Å². The second-order valence-electron chi connectivity index (χ2n) is 8.52. The van der Waals surface area contributed by atoms with Crippen LogP contribution in [-0.2, 0) is 14.8 Å². The summed E-state index contributed by atoms with van der Waals surface area (Å²) in [6.45, 7) is 9.02. The van der Waals surface area contributed by atoms with Crippen LogP contribution in [0.1, 0.15) is 57.3 Å². The SMILES string of the molecule is CCC(C)NC(=O)CCNC(=O)c1ccc(OC)c(S(=O)(=O)N2CC(C)CC(C)C2)c1. The molecule has 1 aliphatic rings. The summed E-state index contributed by atoms with van der Waals surface area (Å²) in [5.41, 5.74) is 0.208. The lowest BCUT2D eigenvalue weighted by Gasteiger charge is -2.34. The highest BCUT2D eigenvalue weighted by Gasteiger charge is 2.34. The fraction of sp³-hybridized carbons (Fsp3) is 0.636. The summed E-state index contributed by atoms with van der Waals surface area (Å²) in [4.78, 5) is 24.4. The molecule has 1 aromatic rings. The van der Waals surface area contributed by atoms with Crippen LogP contribution in [0.3, 0.4) is 0 Å². The molecule has 174 valence electrons. The predicted octanol–water partition coefficient (Wildman–Crippen LogP) is 2.40. The van der Waals surface area contributed by atoms with Crippen LogP contribution >= 0.6 is 0 Å². The van der Waals surface area contributed by atoms with Gasteiger partial charge in [0, 0.05) is 37.7 Å². The average molecular weight is 454 g/mol. The fourth-order valence-corrected chi connectivity index (χ4v) is 5.66. The predicted molar refractivity (Wildman–Crippen MR) is 120 cm³/mol. The third-order valence-corrected chi connectivity index (χ3v) is 7.39. The molecule has 2 amide bonds. The van der Waals surface area contributed by atoms with Crippen molar-refractivity contribution in [2.24, 2.45) is 11.8 Å². The molecule has 0 radical (unpaired) electrons. The lowest BCUT2D eigenvalue weighted by molar-refractivity contribution is -0.121. The number of piperidine rings is 1. The molecule has 8 nitrogen and oxygen atoms in total. The van der Waals surface area contributed by atoms with E-state index in [-0.39, 0.29) is 53.0 Å². The molecule has 9 heteroatoms.